The number of ether oxygens (including phenoxy) is 2. The van der Waals surface area contributed by atoms with Crippen molar-refractivity contribution in [3.05, 3.63) is 84.3 Å². The maximum absolute atomic E-state index is 12.4. The standard InChI is InChI=1S/C25H23N5O3/c1-3-33-25(31)18-13-23-24(26-15-17-5-8-20(32-2)9-6-17)28-21-14-19(30-12-4-11-27-30)7-10-22(21)29(23)16-18/h4-14,16H,3,15H2,1-2H3,(H,26,28). The lowest BCUT2D eigenvalue weighted by atomic mass is 10.2. The summed E-state index contributed by atoms with van der Waals surface area (Å²) in [5.41, 5.74) is 4.92. The molecule has 33 heavy (non-hydrogen) atoms. The van der Waals surface area contributed by atoms with Gasteiger partial charge in [-0.1, -0.05) is 12.1 Å². The zero-order chi connectivity index (χ0) is 22.8. The van der Waals surface area contributed by atoms with Crippen LogP contribution in [0.2, 0.25) is 0 Å². The lowest BCUT2D eigenvalue weighted by molar-refractivity contribution is 0.0526. The van der Waals surface area contributed by atoms with Crippen molar-refractivity contribution in [2.45, 2.75) is 13.5 Å². The summed E-state index contributed by atoms with van der Waals surface area (Å²) in [6.07, 6.45) is 5.42. The first-order chi connectivity index (χ1) is 16.2. The lowest BCUT2D eigenvalue weighted by Crippen LogP contribution is -2.05. The van der Waals surface area contributed by atoms with E-state index in [9.17, 15) is 4.79 Å². The molecule has 166 valence electrons. The molecular formula is C25H23N5O3. The van der Waals surface area contributed by atoms with Gasteiger partial charge in [-0.15, -0.1) is 0 Å². The molecule has 0 saturated heterocycles. The summed E-state index contributed by atoms with van der Waals surface area (Å²) < 4.78 is 14.2. The molecule has 5 aromatic rings. The number of hydrogen-bond acceptors (Lipinski definition) is 6. The summed E-state index contributed by atoms with van der Waals surface area (Å²) in [6, 6.07) is 17.5. The summed E-state index contributed by atoms with van der Waals surface area (Å²) in [7, 11) is 1.65. The number of nitrogens with one attached hydrogen (secondary N) is 1. The number of aromatic nitrogens is 4. The van der Waals surface area contributed by atoms with Gasteiger partial charge in [0.2, 0.25) is 0 Å². The number of hydrogen-bond donors (Lipinski definition) is 1. The van der Waals surface area contributed by atoms with Crippen molar-refractivity contribution in [3.63, 3.8) is 0 Å². The second-order valence-electron chi connectivity index (χ2n) is 7.49. The summed E-state index contributed by atoms with van der Waals surface area (Å²) in [5.74, 6) is 1.12. The monoisotopic (exact) mass is 441 g/mol. The van der Waals surface area contributed by atoms with Crippen LogP contribution in [0.4, 0.5) is 5.82 Å². The maximum atomic E-state index is 12.4. The zero-order valence-electron chi connectivity index (χ0n) is 18.4. The molecule has 8 heteroatoms. The highest BCUT2D eigenvalue weighted by molar-refractivity contribution is 5.95. The van der Waals surface area contributed by atoms with Gasteiger partial charge < -0.3 is 19.2 Å². The highest BCUT2D eigenvalue weighted by Crippen LogP contribution is 2.27. The van der Waals surface area contributed by atoms with Gasteiger partial charge in [-0.05, 0) is 55.0 Å². The van der Waals surface area contributed by atoms with Crippen LogP contribution in [-0.4, -0.2) is 38.9 Å². The SMILES string of the molecule is CCOC(=O)c1cc2c(NCc3ccc(OC)cc3)nc3cc(-n4cccn4)ccc3n2c1. The van der Waals surface area contributed by atoms with E-state index in [0.717, 1.165) is 33.6 Å². The fourth-order valence-electron chi connectivity index (χ4n) is 3.78. The Hall–Kier alpha value is -4.33. The maximum Gasteiger partial charge on any atom is 0.339 e. The number of esters is 1. The number of anilines is 1. The molecule has 0 atom stereocenters. The quantitative estimate of drug-likeness (QED) is 0.375. The molecule has 0 radical (unpaired) electrons. The van der Waals surface area contributed by atoms with Crippen molar-refractivity contribution in [2.75, 3.05) is 19.0 Å². The average Bonchev–Trinajstić information content (AvgIpc) is 3.53. The van der Waals surface area contributed by atoms with Gasteiger partial charge in [0.25, 0.3) is 0 Å². The Morgan fingerprint density at radius 3 is 2.67 bits per heavy atom. The van der Waals surface area contributed by atoms with Crippen LogP contribution < -0.4 is 10.1 Å². The minimum Gasteiger partial charge on any atom is -0.497 e. The number of fused-ring (bicyclic) bond motifs is 3. The number of benzene rings is 2. The highest BCUT2D eigenvalue weighted by atomic mass is 16.5. The van der Waals surface area contributed by atoms with Crippen molar-refractivity contribution in [1.82, 2.24) is 19.2 Å². The molecule has 0 aliphatic heterocycles. The molecule has 3 heterocycles. The number of rotatable bonds is 7. The molecule has 0 saturated carbocycles. The van der Waals surface area contributed by atoms with Crippen LogP contribution in [0.3, 0.4) is 0 Å². The van der Waals surface area contributed by atoms with E-state index >= 15 is 0 Å². The van der Waals surface area contributed by atoms with Gasteiger partial charge >= 0.3 is 5.97 Å². The third-order valence-electron chi connectivity index (χ3n) is 5.41. The molecule has 0 unspecified atom stereocenters. The van der Waals surface area contributed by atoms with Crippen LogP contribution in [0.25, 0.3) is 22.2 Å². The van der Waals surface area contributed by atoms with E-state index in [1.54, 1.807) is 31.1 Å². The summed E-state index contributed by atoms with van der Waals surface area (Å²) in [6.45, 7) is 2.68. The molecule has 5 rings (SSSR count). The normalized spacial score (nSPS) is 11.1. The largest absolute Gasteiger partial charge is 0.497 e. The van der Waals surface area contributed by atoms with Crippen molar-refractivity contribution < 1.29 is 14.3 Å². The Morgan fingerprint density at radius 1 is 1.09 bits per heavy atom. The van der Waals surface area contributed by atoms with E-state index in [4.69, 9.17) is 14.5 Å². The molecule has 0 spiro atoms. The number of carbonyl (C=O) groups is 1. The molecule has 3 aromatic heterocycles. The van der Waals surface area contributed by atoms with E-state index in [2.05, 4.69) is 10.4 Å². The van der Waals surface area contributed by atoms with E-state index in [0.29, 0.717) is 24.5 Å². The highest BCUT2D eigenvalue weighted by Gasteiger charge is 2.16. The van der Waals surface area contributed by atoms with Crippen molar-refractivity contribution in [2.24, 2.45) is 0 Å². The second kappa shape index (κ2) is 8.66. The molecule has 8 nitrogen and oxygen atoms in total. The third kappa shape index (κ3) is 3.98. The fourth-order valence-corrected chi connectivity index (χ4v) is 3.78. The van der Waals surface area contributed by atoms with Gasteiger partial charge in [0, 0.05) is 25.1 Å². The van der Waals surface area contributed by atoms with Crippen molar-refractivity contribution in [1.29, 1.82) is 0 Å². The molecule has 2 aromatic carbocycles. The van der Waals surface area contributed by atoms with E-state index in [1.165, 1.54) is 0 Å². The smallest absolute Gasteiger partial charge is 0.339 e. The van der Waals surface area contributed by atoms with Gasteiger partial charge in [-0.2, -0.15) is 5.10 Å². The second-order valence-corrected chi connectivity index (χ2v) is 7.49. The Morgan fingerprint density at radius 2 is 1.94 bits per heavy atom. The number of nitrogens with zero attached hydrogens (tertiary/aromatic N) is 4. The van der Waals surface area contributed by atoms with Crippen molar-refractivity contribution in [3.8, 4) is 11.4 Å². The zero-order valence-corrected chi connectivity index (χ0v) is 18.4. The Kier molecular flexibility index (Phi) is 5.40. The van der Waals surface area contributed by atoms with Crippen LogP contribution in [0.15, 0.2) is 73.2 Å². The minimum absolute atomic E-state index is 0.319. The van der Waals surface area contributed by atoms with Gasteiger partial charge in [0.05, 0.1) is 41.5 Å². The Bertz CT molecular complexity index is 1420. The van der Waals surface area contributed by atoms with Crippen LogP contribution in [-0.2, 0) is 11.3 Å². The van der Waals surface area contributed by atoms with Crippen LogP contribution in [0.1, 0.15) is 22.8 Å². The summed E-state index contributed by atoms with van der Waals surface area (Å²) in [5, 5.41) is 7.74. The van der Waals surface area contributed by atoms with Gasteiger partial charge in [-0.3, -0.25) is 0 Å². The molecule has 0 fully saturated rings. The molecule has 0 aliphatic rings. The first kappa shape index (κ1) is 20.6. The van der Waals surface area contributed by atoms with Gasteiger partial charge in [0.1, 0.15) is 5.75 Å². The van der Waals surface area contributed by atoms with Crippen molar-refractivity contribution >= 4 is 28.3 Å². The van der Waals surface area contributed by atoms with Crippen LogP contribution in [0.5, 0.6) is 5.75 Å². The molecule has 0 bridgehead atoms. The number of methoxy groups -OCH3 is 1. The average molecular weight is 441 g/mol. The summed E-state index contributed by atoms with van der Waals surface area (Å²) in [4.78, 5) is 17.3. The molecule has 0 amide bonds. The molecular weight excluding hydrogens is 418 g/mol. The van der Waals surface area contributed by atoms with Gasteiger partial charge in [-0.25, -0.2) is 14.5 Å². The first-order valence-corrected chi connectivity index (χ1v) is 10.7. The predicted octanol–water partition coefficient (Wildman–Crippen LogP) is 4.47. The summed E-state index contributed by atoms with van der Waals surface area (Å²) >= 11 is 0. The molecule has 1 N–H and O–H groups in total. The van der Waals surface area contributed by atoms with Crippen LogP contribution in [0, 0.1) is 0 Å². The van der Waals surface area contributed by atoms with E-state index in [-0.39, 0.29) is 5.97 Å². The van der Waals surface area contributed by atoms with Crippen LogP contribution >= 0.6 is 0 Å². The van der Waals surface area contributed by atoms with Gasteiger partial charge in [0.15, 0.2) is 5.82 Å². The fraction of sp³-hybridized carbons (Fsp3) is 0.160. The van der Waals surface area contributed by atoms with E-state index < -0.39 is 0 Å². The number of carbonyl (C=O) groups excluding carboxylic acids is 1. The lowest BCUT2D eigenvalue weighted by Gasteiger charge is -2.12. The Labute approximate surface area is 190 Å². The molecule has 0 aliphatic carbocycles. The predicted molar refractivity (Wildman–Crippen MR) is 126 cm³/mol. The Balaban J connectivity index is 1.59. The first-order valence-electron chi connectivity index (χ1n) is 10.7. The minimum atomic E-state index is -0.358. The topological polar surface area (TPSA) is 82.7 Å². The third-order valence-corrected chi connectivity index (χ3v) is 5.41. The van der Waals surface area contributed by atoms with E-state index in [1.807, 2.05) is 65.2 Å².